The SMILES string of the molecule is C[C@@H](C(=O)O)N(C(=O)[C@@H]1CCCN1S(=O)(=O)c1cc(Cl)sc1Cl)c1ccc(OC(=O)N(C)C)cc1. The summed E-state index contributed by atoms with van der Waals surface area (Å²) in [7, 11) is -1.13. The van der Waals surface area contributed by atoms with Crippen molar-refractivity contribution in [1.82, 2.24) is 9.21 Å². The van der Waals surface area contributed by atoms with Gasteiger partial charge in [-0.15, -0.1) is 11.3 Å². The summed E-state index contributed by atoms with van der Waals surface area (Å²) in [6.45, 7) is 1.39. The maximum absolute atomic E-state index is 13.6. The van der Waals surface area contributed by atoms with Crippen LogP contribution < -0.4 is 9.64 Å². The second-order valence-electron chi connectivity index (χ2n) is 7.94. The van der Waals surface area contributed by atoms with Crippen LogP contribution in [0.1, 0.15) is 19.8 Å². The second-order valence-corrected chi connectivity index (χ2v) is 12.1. The third-order valence-electron chi connectivity index (χ3n) is 5.37. The van der Waals surface area contributed by atoms with E-state index >= 15 is 0 Å². The highest BCUT2D eigenvalue weighted by Gasteiger charge is 2.44. The van der Waals surface area contributed by atoms with E-state index in [-0.39, 0.29) is 38.0 Å². The molecule has 0 spiro atoms. The number of hydrogen-bond acceptors (Lipinski definition) is 7. The van der Waals surface area contributed by atoms with Crippen molar-refractivity contribution in [2.75, 3.05) is 25.5 Å². The summed E-state index contributed by atoms with van der Waals surface area (Å²) in [5.74, 6) is -1.78. The number of sulfonamides is 1. The van der Waals surface area contributed by atoms with E-state index in [9.17, 15) is 27.9 Å². The van der Waals surface area contributed by atoms with Gasteiger partial charge < -0.3 is 14.7 Å². The van der Waals surface area contributed by atoms with E-state index < -0.39 is 40.1 Å². The summed E-state index contributed by atoms with van der Waals surface area (Å²) in [5, 5.41) is 9.65. The molecule has 0 unspecified atom stereocenters. The number of halogens is 2. The van der Waals surface area contributed by atoms with Crippen molar-refractivity contribution >= 4 is 68.2 Å². The van der Waals surface area contributed by atoms with Gasteiger partial charge in [-0.2, -0.15) is 4.31 Å². The molecule has 2 atom stereocenters. The Bertz CT molecular complexity index is 1230. The Kier molecular flexibility index (Phi) is 8.32. The number of carbonyl (C=O) groups excluding carboxylic acids is 2. The molecule has 1 aliphatic rings. The van der Waals surface area contributed by atoms with Gasteiger partial charge in [0, 0.05) is 26.3 Å². The number of rotatable bonds is 7. The van der Waals surface area contributed by atoms with E-state index in [4.69, 9.17) is 27.9 Å². The van der Waals surface area contributed by atoms with Crippen LogP contribution in [0.15, 0.2) is 35.2 Å². The first-order chi connectivity index (χ1) is 16.3. The van der Waals surface area contributed by atoms with E-state index in [0.717, 1.165) is 20.5 Å². The lowest BCUT2D eigenvalue weighted by Gasteiger charge is -2.32. The van der Waals surface area contributed by atoms with Gasteiger partial charge in [-0.25, -0.2) is 18.0 Å². The number of amides is 2. The molecule has 35 heavy (non-hydrogen) atoms. The maximum Gasteiger partial charge on any atom is 0.414 e. The van der Waals surface area contributed by atoms with Crippen molar-refractivity contribution in [2.24, 2.45) is 0 Å². The maximum atomic E-state index is 13.6. The lowest BCUT2D eigenvalue weighted by molar-refractivity contribution is -0.140. The van der Waals surface area contributed by atoms with Crippen LogP contribution in [-0.2, 0) is 19.6 Å². The highest BCUT2D eigenvalue weighted by molar-refractivity contribution is 7.89. The molecule has 1 aromatic carbocycles. The van der Waals surface area contributed by atoms with E-state index in [0.29, 0.717) is 6.42 Å². The van der Waals surface area contributed by atoms with Crippen molar-refractivity contribution in [3.8, 4) is 5.75 Å². The molecule has 0 bridgehead atoms. The number of benzene rings is 1. The van der Waals surface area contributed by atoms with Crippen LogP contribution in [0.3, 0.4) is 0 Å². The van der Waals surface area contributed by atoms with Gasteiger partial charge in [0.05, 0.1) is 4.34 Å². The summed E-state index contributed by atoms with van der Waals surface area (Å²) < 4.78 is 33.0. The van der Waals surface area contributed by atoms with Crippen LogP contribution in [0, 0.1) is 0 Å². The highest BCUT2D eigenvalue weighted by atomic mass is 35.5. The molecule has 0 radical (unpaired) electrons. The number of ether oxygens (including phenoxy) is 1. The third-order valence-corrected chi connectivity index (χ3v) is 9.03. The molecule has 14 heteroatoms. The Morgan fingerprint density at radius 3 is 2.34 bits per heavy atom. The van der Waals surface area contributed by atoms with Crippen molar-refractivity contribution in [1.29, 1.82) is 0 Å². The molecule has 1 aromatic heterocycles. The smallest absolute Gasteiger partial charge is 0.414 e. The predicted octanol–water partition coefficient (Wildman–Crippen LogP) is 3.77. The Morgan fingerprint density at radius 1 is 1.20 bits per heavy atom. The van der Waals surface area contributed by atoms with E-state index in [1.807, 2.05) is 0 Å². The van der Waals surface area contributed by atoms with Crippen molar-refractivity contribution in [2.45, 2.75) is 36.7 Å². The van der Waals surface area contributed by atoms with Gasteiger partial charge in [0.25, 0.3) is 0 Å². The number of carbonyl (C=O) groups is 3. The van der Waals surface area contributed by atoms with Gasteiger partial charge >= 0.3 is 12.1 Å². The molecule has 2 amide bonds. The molecular formula is C21H23Cl2N3O7S2. The zero-order valence-corrected chi connectivity index (χ0v) is 22.1. The molecule has 0 aliphatic carbocycles. The minimum atomic E-state index is -4.16. The molecular weight excluding hydrogens is 541 g/mol. The summed E-state index contributed by atoms with van der Waals surface area (Å²) in [5.41, 5.74) is 0.204. The summed E-state index contributed by atoms with van der Waals surface area (Å²) in [6.07, 6.45) is -0.00187. The normalized spacial score (nSPS) is 17.1. The second kappa shape index (κ2) is 10.7. The van der Waals surface area contributed by atoms with Crippen LogP contribution in [0.25, 0.3) is 0 Å². The van der Waals surface area contributed by atoms with Crippen LogP contribution >= 0.6 is 34.5 Å². The Morgan fingerprint density at radius 2 is 1.83 bits per heavy atom. The molecule has 1 N–H and O–H groups in total. The lowest BCUT2D eigenvalue weighted by Crippen LogP contribution is -2.52. The van der Waals surface area contributed by atoms with E-state index in [2.05, 4.69) is 0 Å². The number of thiophene rings is 1. The zero-order valence-electron chi connectivity index (χ0n) is 19.0. The Hall–Kier alpha value is -2.38. The average molecular weight is 564 g/mol. The lowest BCUT2D eigenvalue weighted by atomic mass is 10.1. The molecule has 3 rings (SSSR count). The van der Waals surface area contributed by atoms with E-state index in [1.54, 1.807) is 0 Å². The van der Waals surface area contributed by atoms with Crippen LogP contribution in [-0.4, -0.2) is 73.4 Å². The third kappa shape index (κ3) is 5.72. The molecule has 190 valence electrons. The van der Waals surface area contributed by atoms with Gasteiger partial charge in [-0.1, -0.05) is 23.2 Å². The predicted molar refractivity (Wildman–Crippen MR) is 132 cm³/mol. The number of hydrogen-bond donors (Lipinski definition) is 1. The Labute approximate surface area is 216 Å². The molecule has 1 aliphatic heterocycles. The number of aliphatic carboxylic acids is 1. The highest BCUT2D eigenvalue weighted by Crippen LogP contribution is 2.38. The number of nitrogens with zero attached hydrogens (tertiary/aromatic N) is 3. The minimum Gasteiger partial charge on any atom is -0.480 e. The van der Waals surface area contributed by atoms with Gasteiger partial charge in [-0.05, 0) is 50.1 Å². The summed E-state index contributed by atoms with van der Waals surface area (Å²) >= 11 is 12.9. The van der Waals surface area contributed by atoms with Crippen molar-refractivity contribution in [3.63, 3.8) is 0 Å². The van der Waals surface area contributed by atoms with Crippen LogP contribution in [0.5, 0.6) is 5.75 Å². The average Bonchev–Trinajstić information content (AvgIpc) is 3.41. The largest absolute Gasteiger partial charge is 0.480 e. The number of anilines is 1. The van der Waals surface area contributed by atoms with Crippen molar-refractivity contribution in [3.05, 3.63) is 39.0 Å². The molecule has 2 heterocycles. The van der Waals surface area contributed by atoms with Gasteiger partial charge in [0.1, 0.15) is 27.1 Å². The quantitative estimate of drug-likeness (QED) is 0.543. The topological polar surface area (TPSA) is 125 Å². The molecule has 2 aromatic rings. The van der Waals surface area contributed by atoms with Crippen molar-refractivity contribution < 1.29 is 32.6 Å². The number of carboxylic acid groups (broad SMARTS) is 1. The van der Waals surface area contributed by atoms with Gasteiger partial charge in [0.15, 0.2) is 0 Å². The monoisotopic (exact) mass is 563 g/mol. The van der Waals surface area contributed by atoms with Gasteiger partial charge in [-0.3, -0.25) is 9.69 Å². The fraction of sp³-hybridized carbons (Fsp3) is 0.381. The standard InChI is InChI=1S/C21H23Cl2N3O7S2/c1-12(20(28)29)26(13-6-8-14(9-7-13)33-21(30)24(2)3)19(27)15-5-4-10-25(15)35(31,32)16-11-17(22)34-18(16)23/h6-9,11-12,15H,4-5,10H2,1-3H3,(H,28,29)/t12-,15-/m0/s1. The first kappa shape index (κ1) is 27.2. The summed E-state index contributed by atoms with van der Waals surface area (Å²) in [6, 6.07) is 4.49. The fourth-order valence-electron chi connectivity index (χ4n) is 3.58. The molecule has 10 nitrogen and oxygen atoms in total. The van der Waals surface area contributed by atoms with E-state index in [1.165, 1.54) is 56.3 Å². The molecule has 1 saturated heterocycles. The molecule has 0 saturated carbocycles. The first-order valence-electron chi connectivity index (χ1n) is 10.4. The molecule has 1 fully saturated rings. The fourth-order valence-corrected chi connectivity index (χ4v) is 7.35. The summed E-state index contributed by atoms with van der Waals surface area (Å²) in [4.78, 5) is 39.3. The van der Waals surface area contributed by atoms with Crippen LogP contribution in [0.4, 0.5) is 10.5 Å². The zero-order chi connectivity index (χ0) is 26.1. The van der Waals surface area contributed by atoms with Crippen LogP contribution in [0.2, 0.25) is 8.67 Å². The first-order valence-corrected chi connectivity index (χ1v) is 13.4. The Balaban J connectivity index is 1.94. The number of carboxylic acids is 1. The van der Waals surface area contributed by atoms with Gasteiger partial charge in [0.2, 0.25) is 15.9 Å². The minimum absolute atomic E-state index is 0.0216.